The van der Waals surface area contributed by atoms with Crippen molar-refractivity contribution in [3.63, 3.8) is 0 Å². The number of amides is 1. The molecule has 1 aromatic carbocycles. The van der Waals surface area contributed by atoms with Gasteiger partial charge in [0.15, 0.2) is 0 Å². The van der Waals surface area contributed by atoms with Gasteiger partial charge in [-0.05, 0) is 18.2 Å². The average molecular weight is 289 g/mol. The summed E-state index contributed by atoms with van der Waals surface area (Å²) in [6.07, 6.45) is 2.82. The number of carboxylic acids is 2. The highest BCUT2D eigenvalue weighted by molar-refractivity contribution is 6.05. The molecule has 1 heterocycles. The Kier molecular flexibility index (Phi) is 3.70. The predicted octanol–water partition coefficient (Wildman–Crippen LogP) is 1.07. The maximum Gasteiger partial charge on any atom is 0.335 e. The molecule has 0 aliphatic heterocycles. The lowest BCUT2D eigenvalue weighted by Gasteiger charge is -2.06. The van der Waals surface area contributed by atoms with Crippen LogP contribution >= 0.6 is 0 Å². The summed E-state index contributed by atoms with van der Waals surface area (Å²) in [7, 11) is 1.64. The molecule has 0 aliphatic rings. The molecule has 0 radical (unpaired) electrons. The third-order valence-corrected chi connectivity index (χ3v) is 2.65. The van der Waals surface area contributed by atoms with E-state index in [1.807, 2.05) is 0 Å². The summed E-state index contributed by atoms with van der Waals surface area (Å²) in [5.74, 6) is -3.08. The van der Waals surface area contributed by atoms with E-state index in [4.69, 9.17) is 10.2 Å². The summed E-state index contributed by atoms with van der Waals surface area (Å²) in [6.45, 7) is 0. The summed E-state index contributed by atoms with van der Waals surface area (Å²) < 4.78 is 1.44. The Morgan fingerprint density at radius 1 is 1.05 bits per heavy atom. The minimum Gasteiger partial charge on any atom is -0.478 e. The monoisotopic (exact) mass is 289 g/mol. The van der Waals surface area contributed by atoms with Crippen LogP contribution in [0.5, 0.6) is 0 Å². The number of benzene rings is 1. The summed E-state index contributed by atoms with van der Waals surface area (Å²) in [6, 6.07) is 3.39. The quantitative estimate of drug-likeness (QED) is 0.774. The summed E-state index contributed by atoms with van der Waals surface area (Å²) in [5.41, 5.74) is -0.0935. The van der Waals surface area contributed by atoms with Gasteiger partial charge in [-0.15, -0.1) is 0 Å². The van der Waals surface area contributed by atoms with E-state index in [0.29, 0.717) is 0 Å². The van der Waals surface area contributed by atoms with E-state index in [9.17, 15) is 14.4 Å². The number of nitrogens with one attached hydrogen (secondary N) is 1. The molecule has 1 aromatic heterocycles. The van der Waals surface area contributed by atoms with E-state index in [0.717, 1.165) is 6.07 Å². The number of nitrogens with zero attached hydrogens (tertiary/aromatic N) is 2. The maximum atomic E-state index is 11.9. The van der Waals surface area contributed by atoms with Gasteiger partial charge < -0.3 is 15.5 Å². The van der Waals surface area contributed by atoms with Gasteiger partial charge in [-0.2, -0.15) is 5.10 Å². The zero-order valence-electron chi connectivity index (χ0n) is 10.9. The van der Waals surface area contributed by atoms with Crippen LogP contribution in [0.25, 0.3) is 0 Å². The summed E-state index contributed by atoms with van der Waals surface area (Å²) >= 11 is 0. The fourth-order valence-electron chi connectivity index (χ4n) is 1.69. The minimum atomic E-state index is -1.28. The number of rotatable bonds is 4. The first-order valence-electron chi connectivity index (χ1n) is 5.78. The molecule has 21 heavy (non-hydrogen) atoms. The van der Waals surface area contributed by atoms with Gasteiger partial charge in [0.05, 0.1) is 22.9 Å². The first kappa shape index (κ1) is 14.3. The molecule has 8 heteroatoms. The first-order valence-corrected chi connectivity index (χ1v) is 5.78. The molecular weight excluding hydrogens is 278 g/mol. The van der Waals surface area contributed by atoms with Crippen LogP contribution in [0.15, 0.2) is 30.6 Å². The Labute approximate surface area is 118 Å². The third kappa shape index (κ3) is 3.24. The fraction of sp³-hybridized carbons (Fsp3) is 0.0769. The van der Waals surface area contributed by atoms with Crippen LogP contribution in [0.1, 0.15) is 31.1 Å². The van der Waals surface area contributed by atoms with E-state index in [1.165, 1.54) is 29.2 Å². The Balaban J connectivity index is 2.32. The second-order valence-corrected chi connectivity index (χ2v) is 4.27. The zero-order valence-corrected chi connectivity index (χ0v) is 10.9. The molecule has 2 aromatic rings. The smallest absolute Gasteiger partial charge is 0.335 e. The lowest BCUT2D eigenvalue weighted by molar-refractivity contribution is 0.0696. The highest BCUT2D eigenvalue weighted by atomic mass is 16.4. The Hall–Kier alpha value is -3.16. The number of carbonyl (C=O) groups is 3. The summed E-state index contributed by atoms with van der Waals surface area (Å²) in [5, 5.41) is 24.2. The van der Waals surface area contributed by atoms with Gasteiger partial charge in [0.25, 0.3) is 5.91 Å². The number of anilines is 1. The van der Waals surface area contributed by atoms with Crippen LogP contribution in [0, 0.1) is 0 Å². The van der Waals surface area contributed by atoms with E-state index >= 15 is 0 Å². The molecule has 1 amide bonds. The van der Waals surface area contributed by atoms with Gasteiger partial charge >= 0.3 is 11.9 Å². The minimum absolute atomic E-state index is 0.0844. The van der Waals surface area contributed by atoms with Crippen molar-refractivity contribution in [2.24, 2.45) is 7.05 Å². The second-order valence-electron chi connectivity index (χ2n) is 4.27. The number of aryl methyl sites for hydroxylation is 1. The van der Waals surface area contributed by atoms with Crippen LogP contribution in [-0.4, -0.2) is 37.8 Å². The SMILES string of the molecule is Cn1cc(C(=O)Nc2cc(C(=O)O)cc(C(=O)O)c2)cn1. The normalized spacial score (nSPS) is 10.1. The molecule has 8 nitrogen and oxygen atoms in total. The Morgan fingerprint density at radius 3 is 2.05 bits per heavy atom. The molecule has 3 N–H and O–H groups in total. The van der Waals surface area contributed by atoms with Crippen molar-refractivity contribution in [1.82, 2.24) is 9.78 Å². The highest BCUT2D eigenvalue weighted by Crippen LogP contribution is 2.16. The van der Waals surface area contributed by atoms with Gasteiger partial charge in [-0.3, -0.25) is 9.48 Å². The molecule has 0 saturated heterocycles. The highest BCUT2D eigenvalue weighted by Gasteiger charge is 2.14. The number of aromatic nitrogens is 2. The average Bonchev–Trinajstić information content (AvgIpc) is 2.85. The number of carbonyl (C=O) groups excluding carboxylic acids is 1. The van der Waals surface area contributed by atoms with Crippen molar-refractivity contribution in [3.05, 3.63) is 47.3 Å². The molecule has 0 bridgehead atoms. The van der Waals surface area contributed by atoms with Crippen LogP contribution in [0.4, 0.5) is 5.69 Å². The maximum absolute atomic E-state index is 11.9. The first-order chi connectivity index (χ1) is 9.86. The molecule has 0 saturated carbocycles. The summed E-state index contributed by atoms with van der Waals surface area (Å²) in [4.78, 5) is 33.9. The van der Waals surface area contributed by atoms with E-state index in [-0.39, 0.29) is 22.4 Å². The van der Waals surface area contributed by atoms with Crippen LogP contribution < -0.4 is 5.32 Å². The van der Waals surface area contributed by atoms with Gasteiger partial charge in [0.1, 0.15) is 0 Å². The van der Waals surface area contributed by atoms with Crippen LogP contribution in [0.3, 0.4) is 0 Å². The Morgan fingerprint density at radius 2 is 1.62 bits per heavy atom. The van der Waals surface area contributed by atoms with Crippen molar-refractivity contribution in [1.29, 1.82) is 0 Å². The van der Waals surface area contributed by atoms with Gasteiger partial charge in [-0.1, -0.05) is 0 Å². The topological polar surface area (TPSA) is 122 Å². The molecule has 0 spiro atoms. The molecule has 0 fully saturated rings. The number of hydrogen-bond acceptors (Lipinski definition) is 4. The number of carboxylic acid groups (broad SMARTS) is 2. The molecule has 0 aliphatic carbocycles. The number of aromatic carboxylic acids is 2. The van der Waals surface area contributed by atoms with Gasteiger partial charge in [0.2, 0.25) is 0 Å². The van der Waals surface area contributed by atoms with Crippen molar-refractivity contribution in [2.75, 3.05) is 5.32 Å². The van der Waals surface area contributed by atoms with Crippen LogP contribution in [-0.2, 0) is 7.05 Å². The van der Waals surface area contributed by atoms with Crippen molar-refractivity contribution < 1.29 is 24.6 Å². The van der Waals surface area contributed by atoms with Crippen LogP contribution in [0.2, 0.25) is 0 Å². The molecule has 2 rings (SSSR count). The van der Waals surface area contributed by atoms with E-state index in [2.05, 4.69) is 10.4 Å². The zero-order chi connectivity index (χ0) is 15.6. The fourth-order valence-corrected chi connectivity index (χ4v) is 1.69. The predicted molar refractivity (Wildman–Crippen MR) is 71.5 cm³/mol. The Bertz CT molecular complexity index is 703. The van der Waals surface area contributed by atoms with Gasteiger partial charge in [0, 0.05) is 18.9 Å². The van der Waals surface area contributed by atoms with E-state index in [1.54, 1.807) is 7.05 Å². The third-order valence-electron chi connectivity index (χ3n) is 2.65. The standard InChI is InChI=1S/C13H11N3O5/c1-16-6-9(5-14-16)11(17)15-10-3-7(12(18)19)2-8(4-10)13(20)21/h2-6H,1H3,(H,15,17)(H,18,19)(H,20,21). The van der Waals surface area contributed by atoms with E-state index < -0.39 is 17.8 Å². The molecule has 0 atom stereocenters. The molecule has 0 unspecified atom stereocenters. The molecule has 108 valence electrons. The largest absolute Gasteiger partial charge is 0.478 e. The van der Waals surface area contributed by atoms with Crippen molar-refractivity contribution >= 4 is 23.5 Å². The second kappa shape index (κ2) is 5.45. The number of hydrogen-bond donors (Lipinski definition) is 3. The molecular formula is C13H11N3O5. The van der Waals surface area contributed by atoms with Gasteiger partial charge in [-0.25, -0.2) is 9.59 Å². The lowest BCUT2D eigenvalue weighted by atomic mass is 10.1. The van der Waals surface area contributed by atoms with Crippen molar-refractivity contribution in [2.45, 2.75) is 0 Å². The lowest BCUT2D eigenvalue weighted by Crippen LogP contribution is -2.13. The van der Waals surface area contributed by atoms with Crippen molar-refractivity contribution in [3.8, 4) is 0 Å².